The summed E-state index contributed by atoms with van der Waals surface area (Å²) in [6, 6.07) is 8.16. The Hall–Kier alpha value is -1.16. The Kier molecular flexibility index (Phi) is 4.73. The third-order valence-electron chi connectivity index (χ3n) is 4.32. The maximum Gasteiger partial charge on any atom is 0.161 e. The number of hydrogen-bond acceptors (Lipinski definition) is 4. The van der Waals surface area contributed by atoms with Gasteiger partial charge in [-0.3, -0.25) is 4.99 Å². The molecule has 21 heavy (non-hydrogen) atoms. The molecule has 0 saturated heterocycles. The lowest BCUT2D eigenvalue weighted by Crippen LogP contribution is -2.30. The maximum atomic E-state index is 5.60. The van der Waals surface area contributed by atoms with Crippen LogP contribution < -0.4 is 10.1 Å². The standard InChI is InChI=1S/C17H24N2OS/c1-2-11-20-15-7-5-14(6-8-15)19-16-18-12-17(13-21-16)9-3-4-10-17/h5-8H,2-4,9-13H2,1H3,(H,18,19). The highest BCUT2D eigenvalue weighted by Crippen LogP contribution is 2.43. The van der Waals surface area contributed by atoms with Crippen LogP contribution in [0.25, 0.3) is 0 Å². The molecule has 1 spiro atoms. The predicted octanol–water partition coefficient (Wildman–Crippen LogP) is 4.55. The van der Waals surface area contributed by atoms with Crippen LogP contribution in [0.3, 0.4) is 0 Å². The SMILES string of the molecule is CCCOc1ccc(NC2=NCC3(CCCC3)CS2)cc1. The van der Waals surface area contributed by atoms with Gasteiger partial charge in [0.1, 0.15) is 5.75 Å². The fraction of sp³-hybridized carbons (Fsp3) is 0.588. The normalized spacial score (nSPS) is 20.3. The largest absolute Gasteiger partial charge is 0.494 e. The summed E-state index contributed by atoms with van der Waals surface area (Å²) >= 11 is 1.88. The van der Waals surface area contributed by atoms with Crippen molar-refractivity contribution in [1.29, 1.82) is 0 Å². The van der Waals surface area contributed by atoms with Crippen LogP contribution in [0.5, 0.6) is 5.75 Å². The quantitative estimate of drug-likeness (QED) is 0.886. The first kappa shape index (κ1) is 14.8. The van der Waals surface area contributed by atoms with Gasteiger partial charge in [0.25, 0.3) is 0 Å². The van der Waals surface area contributed by atoms with Gasteiger partial charge in [0.05, 0.1) is 6.61 Å². The van der Waals surface area contributed by atoms with Gasteiger partial charge in [-0.25, -0.2) is 0 Å². The zero-order valence-corrected chi connectivity index (χ0v) is 13.5. The molecule has 1 aromatic carbocycles. The molecular weight excluding hydrogens is 280 g/mol. The van der Waals surface area contributed by atoms with Crippen LogP contribution in [-0.2, 0) is 0 Å². The number of hydrogen-bond donors (Lipinski definition) is 1. The second-order valence-corrected chi connectivity index (χ2v) is 7.08. The summed E-state index contributed by atoms with van der Waals surface area (Å²) in [6.45, 7) is 3.89. The number of rotatable bonds is 4. The zero-order chi connectivity index (χ0) is 14.5. The van der Waals surface area contributed by atoms with E-state index < -0.39 is 0 Å². The molecule has 2 aliphatic rings. The molecule has 1 N–H and O–H groups in total. The molecule has 1 aliphatic heterocycles. The van der Waals surface area contributed by atoms with Crippen molar-refractivity contribution in [2.75, 3.05) is 24.2 Å². The number of nitrogens with one attached hydrogen (secondary N) is 1. The van der Waals surface area contributed by atoms with Crippen molar-refractivity contribution in [3.05, 3.63) is 24.3 Å². The second kappa shape index (κ2) is 6.73. The Morgan fingerprint density at radius 2 is 2.00 bits per heavy atom. The number of thioether (sulfide) groups is 1. The number of aliphatic imine (C=N–C) groups is 1. The second-order valence-electron chi connectivity index (χ2n) is 6.12. The maximum absolute atomic E-state index is 5.60. The summed E-state index contributed by atoms with van der Waals surface area (Å²) in [5.74, 6) is 2.15. The summed E-state index contributed by atoms with van der Waals surface area (Å²) in [4.78, 5) is 4.77. The summed E-state index contributed by atoms with van der Waals surface area (Å²) in [5, 5.41) is 4.49. The number of amidine groups is 1. The van der Waals surface area contributed by atoms with E-state index in [1.165, 1.54) is 31.4 Å². The van der Waals surface area contributed by atoms with Crippen LogP contribution in [0.1, 0.15) is 39.0 Å². The van der Waals surface area contributed by atoms with E-state index in [1.807, 2.05) is 23.9 Å². The van der Waals surface area contributed by atoms with E-state index in [4.69, 9.17) is 9.73 Å². The Morgan fingerprint density at radius 1 is 1.24 bits per heavy atom. The molecule has 0 atom stereocenters. The number of ether oxygens (including phenoxy) is 1. The van der Waals surface area contributed by atoms with Gasteiger partial charge in [-0.2, -0.15) is 0 Å². The van der Waals surface area contributed by atoms with Gasteiger partial charge in [-0.05, 0) is 48.9 Å². The monoisotopic (exact) mass is 304 g/mol. The Bertz CT molecular complexity index is 492. The van der Waals surface area contributed by atoms with Gasteiger partial charge in [0.15, 0.2) is 5.17 Å². The molecule has 4 heteroatoms. The van der Waals surface area contributed by atoms with Crippen molar-refractivity contribution in [1.82, 2.24) is 0 Å². The molecule has 3 rings (SSSR count). The first-order valence-corrected chi connectivity index (χ1v) is 8.95. The average molecular weight is 304 g/mol. The number of anilines is 1. The minimum absolute atomic E-state index is 0.508. The highest BCUT2D eigenvalue weighted by Gasteiger charge is 2.36. The van der Waals surface area contributed by atoms with Crippen LogP contribution in [0.15, 0.2) is 29.3 Å². The third-order valence-corrected chi connectivity index (χ3v) is 5.58. The highest BCUT2D eigenvalue weighted by atomic mass is 32.2. The molecule has 0 unspecified atom stereocenters. The van der Waals surface area contributed by atoms with Crippen LogP contribution in [-0.4, -0.2) is 24.1 Å². The first-order valence-electron chi connectivity index (χ1n) is 7.97. The summed E-state index contributed by atoms with van der Waals surface area (Å²) in [7, 11) is 0. The van der Waals surface area contributed by atoms with E-state index in [0.717, 1.165) is 36.2 Å². The fourth-order valence-corrected chi connectivity index (χ4v) is 4.20. The van der Waals surface area contributed by atoms with E-state index in [2.05, 4.69) is 24.4 Å². The zero-order valence-electron chi connectivity index (χ0n) is 12.7. The number of nitrogens with zero attached hydrogens (tertiary/aromatic N) is 1. The molecule has 1 fully saturated rings. The molecule has 1 heterocycles. The topological polar surface area (TPSA) is 33.6 Å². The van der Waals surface area contributed by atoms with Crippen molar-refractivity contribution >= 4 is 22.6 Å². The lowest BCUT2D eigenvalue weighted by atomic mass is 9.89. The molecule has 1 saturated carbocycles. The highest BCUT2D eigenvalue weighted by molar-refractivity contribution is 8.14. The third kappa shape index (κ3) is 3.73. The van der Waals surface area contributed by atoms with Crippen LogP contribution in [0.2, 0.25) is 0 Å². The molecule has 0 radical (unpaired) electrons. The van der Waals surface area contributed by atoms with Gasteiger partial charge in [0.2, 0.25) is 0 Å². The molecule has 3 nitrogen and oxygen atoms in total. The van der Waals surface area contributed by atoms with Crippen molar-refractivity contribution < 1.29 is 4.74 Å². The van der Waals surface area contributed by atoms with Gasteiger partial charge in [0, 0.05) is 18.0 Å². The fourth-order valence-electron chi connectivity index (χ4n) is 3.03. The minimum atomic E-state index is 0.508. The van der Waals surface area contributed by atoms with Crippen LogP contribution in [0.4, 0.5) is 5.69 Å². The number of benzene rings is 1. The van der Waals surface area contributed by atoms with E-state index >= 15 is 0 Å². The smallest absolute Gasteiger partial charge is 0.161 e. The van der Waals surface area contributed by atoms with E-state index in [0.29, 0.717) is 5.41 Å². The van der Waals surface area contributed by atoms with E-state index in [-0.39, 0.29) is 0 Å². The van der Waals surface area contributed by atoms with Gasteiger partial charge < -0.3 is 10.1 Å². The molecule has 0 aromatic heterocycles. The lowest BCUT2D eigenvalue weighted by molar-refractivity contribution is 0.317. The van der Waals surface area contributed by atoms with Crippen molar-refractivity contribution in [3.63, 3.8) is 0 Å². The van der Waals surface area contributed by atoms with Crippen LogP contribution >= 0.6 is 11.8 Å². The molecule has 1 aromatic rings. The predicted molar refractivity (Wildman–Crippen MR) is 91.5 cm³/mol. The summed E-state index contributed by atoms with van der Waals surface area (Å²) in [6.07, 6.45) is 6.53. The summed E-state index contributed by atoms with van der Waals surface area (Å²) < 4.78 is 5.60. The lowest BCUT2D eigenvalue weighted by Gasteiger charge is -2.31. The molecule has 114 valence electrons. The van der Waals surface area contributed by atoms with Gasteiger partial charge in [-0.15, -0.1) is 0 Å². The van der Waals surface area contributed by atoms with Gasteiger partial charge >= 0.3 is 0 Å². The van der Waals surface area contributed by atoms with E-state index in [9.17, 15) is 0 Å². The first-order chi connectivity index (χ1) is 10.3. The van der Waals surface area contributed by atoms with Crippen molar-refractivity contribution in [2.45, 2.75) is 39.0 Å². The Labute approximate surface area is 131 Å². The molecular formula is C17H24N2OS. The molecule has 0 amide bonds. The Morgan fingerprint density at radius 3 is 2.62 bits per heavy atom. The summed E-state index contributed by atoms with van der Waals surface area (Å²) in [5.41, 5.74) is 1.60. The van der Waals surface area contributed by atoms with Crippen molar-refractivity contribution in [3.8, 4) is 5.75 Å². The molecule has 1 aliphatic carbocycles. The van der Waals surface area contributed by atoms with Crippen LogP contribution in [0, 0.1) is 5.41 Å². The van der Waals surface area contributed by atoms with Gasteiger partial charge in [-0.1, -0.05) is 31.5 Å². The Balaban J connectivity index is 1.56. The molecule has 0 bridgehead atoms. The van der Waals surface area contributed by atoms with E-state index in [1.54, 1.807) is 0 Å². The minimum Gasteiger partial charge on any atom is -0.494 e. The van der Waals surface area contributed by atoms with Crippen molar-refractivity contribution in [2.24, 2.45) is 10.4 Å². The average Bonchev–Trinajstić information content (AvgIpc) is 2.98.